The Morgan fingerprint density at radius 1 is 0.934 bits per heavy atom. The lowest BCUT2D eigenvalue weighted by Crippen LogP contribution is -2.49. The van der Waals surface area contributed by atoms with Crippen LogP contribution in [0.4, 0.5) is 23.1 Å². The standard InChI is InChI=1S/C47H54N10O4/c1-5-44(61)54-25-27-55(28-26-54)46-38-21-24-56(41-12-8-10-34-9-6-7-11-37(34)41)30-40(38)51-47(52-46)50-23-20-43(60)49-22-19-33-13-16-36(17-14-33)57(31-58)45(53-48-4)35-15-18-42(59)39(29-35)32(2)3/h5-18,29,32,58-59H,1,4,19-28,30-31H2,2-3H3,(H,49,60)(H,50,51,52)/b53-45-. The normalized spacial score (nSPS) is 14.2. The van der Waals surface area contributed by atoms with E-state index < -0.39 is 0 Å². The fourth-order valence-corrected chi connectivity index (χ4v) is 8.04. The highest BCUT2D eigenvalue weighted by molar-refractivity contribution is 6.10. The van der Waals surface area contributed by atoms with Crippen molar-refractivity contribution in [3.63, 3.8) is 0 Å². The number of benzene rings is 4. The van der Waals surface area contributed by atoms with Crippen LogP contribution in [0.5, 0.6) is 5.75 Å². The number of carbonyl (C=O) groups is 2. The van der Waals surface area contributed by atoms with Crippen LogP contribution in [0.1, 0.15) is 54.1 Å². The first-order valence-electron chi connectivity index (χ1n) is 20.8. The maximum Gasteiger partial charge on any atom is 0.246 e. The van der Waals surface area contributed by atoms with Crippen LogP contribution in [0.2, 0.25) is 0 Å². The van der Waals surface area contributed by atoms with E-state index in [-0.39, 0.29) is 36.6 Å². The molecule has 316 valence electrons. The van der Waals surface area contributed by atoms with Gasteiger partial charge < -0.3 is 40.4 Å². The first-order valence-corrected chi connectivity index (χ1v) is 20.8. The van der Waals surface area contributed by atoms with Gasteiger partial charge in [0.15, 0.2) is 5.84 Å². The Labute approximate surface area is 356 Å². The van der Waals surface area contributed by atoms with Crippen LogP contribution in [-0.4, -0.2) is 102 Å². The van der Waals surface area contributed by atoms with Crippen molar-refractivity contribution < 1.29 is 19.8 Å². The molecule has 7 rings (SSSR count). The number of hydrogen-bond donors (Lipinski definition) is 4. The number of phenolic OH excluding ortho intramolecular Hbond substituents is 1. The van der Waals surface area contributed by atoms with Crippen molar-refractivity contribution in [3.8, 4) is 5.75 Å². The van der Waals surface area contributed by atoms with Crippen molar-refractivity contribution in [3.05, 3.63) is 126 Å². The minimum absolute atomic E-state index is 0.0623. The summed E-state index contributed by atoms with van der Waals surface area (Å²) in [5, 5.41) is 37.4. The third-order valence-electron chi connectivity index (χ3n) is 11.3. The zero-order chi connectivity index (χ0) is 42.9. The highest BCUT2D eigenvalue weighted by Crippen LogP contribution is 2.34. The molecular weight excluding hydrogens is 769 g/mol. The van der Waals surface area contributed by atoms with E-state index in [1.165, 1.54) is 22.5 Å². The molecule has 0 radical (unpaired) electrons. The smallest absolute Gasteiger partial charge is 0.246 e. The molecule has 1 saturated heterocycles. The van der Waals surface area contributed by atoms with Gasteiger partial charge in [-0.05, 0) is 77.7 Å². The predicted molar refractivity (Wildman–Crippen MR) is 244 cm³/mol. The zero-order valence-corrected chi connectivity index (χ0v) is 34.9. The molecule has 2 aliphatic heterocycles. The quantitative estimate of drug-likeness (QED) is 0.0332. The zero-order valence-electron chi connectivity index (χ0n) is 34.9. The number of aromatic hydroxyl groups is 1. The number of amides is 2. The van der Waals surface area contributed by atoms with Gasteiger partial charge in [-0.2, -0.15) is 10.1 Å². The van der Waals surface area contributed by atoms with Gasteiger partial charge in [0, 0.05) is 86.8 Å². The molecule has 4 aromatic carbocycles. The number of amidine groups is 1. The molecule has 2 aliphatic rings. The number of rotatable bonds is 15. The largest absolute Gasteiger partial charge is 0.508 e. The minimum atomic E-state index is -0.355. The van der Waals surface area contributed by atoms with Crippen molar-refractivity contribution in [2.45, 2.75) is 45.6 Å². The lowest BCUT2D eigenvalue weighted by Gasteiger charge is -2.38. The number of aliphatic hydroxyl groups excluding tert-OH is 1. The fraction of sp³-hybridized carbons (Fsp3) is 0.319. The Morgan fingerprint density at radius 2 is 1.70 bits per heavy atom. The van der Waals surface area contributed by atoms with Crippen molar-refractivity contribution in [2.75, 3.05) is 72.6 Å². The number of fused-ring (bicyclic) bond motifs is 2. The Morgan fingerprint density at radius 3 is 2.44 bits per heavy atom. The number of carbonyl (C=O) groups excluding carboxylic acids is 2. The van der Waals surface area contributed by atoms with E-state index in [1.807, 2.05) is 49.1 Å². The summed E-state index contributed by atoms with van der Waals surface area (Å²) in [4.78, 5) is 43.4. The first kappa shape index (κ1) is 42.3. The molecular formula is C47H54N10O4. The average molecular weight is 823 g/mol. The molecule has 0 spiro atoms. The second-order valence-corrected chi connectivity index (χ2v) is 15.5. The lowest BCUT2D eigenvalue weighted by molar-refractivity contribution is -0.126. The van der Waals surface area contributed by atoms with E-state index in [0.717, 1.165) is 41.2 Å². The number of nitrogens with one attached hydrogen (secondary N) is 2. The van der Waals surface area contributed by atoms with E-state index in [2.05, 4.69) is 86.4 Å². The summed E-state index contributed by atoms with van der Waals surface area (Å²) in [6, 6.07) is 27.7. The molecule has 0 unspecified atom stereocenters. The van der Waals surface area contributed by atoms with Gasteiger partial charge in [-0.25, -0.2) is 4.98 Å². The molecule has 14 heteroatoms. The Kier molecular flexibility index (Phi) is 13.5. The maximum absolute atomic E-state index is 13.0. The first-order chi connectivity index (χ1) is 29.7. The molecule has 0 saturated carbocycles. The summed E-state index contributed by atoms with van der Waals surface area (Å²) >= 11 is 0. The van der Waals surface area contributed by atoms with Crippen molar-refractivity contribution in [2.24, 2.45) is 10.2 Å². The van der Waals surface area contributed by atoms with Crippen LogP contribution in [-0.2, 0) is 29.0 Å². The van der Waals surface area contributed by atoms with Crippen LogP contribution in [0.25, 0.3) is 10.8 Å². The van der Waals surface area contributed by atoms with Crippen LogP contribution < -0.4 is 25.3 Å². The fourth-order valence-electron chi connectivity index (χ4n) is 8.04. The van der Waals surface area contributed by atoms with E-state index in [9.17, 15) is 19.8 Å². The number of piperazine rings is 1. The topological polar surface area (TPSA) is 162 Å². The Bertz CT molecular complexity index is 2400. The second kappa shape index (κ2) is 19.5. The van der Waals surface area contributed by atoms with Crippen LogP contribution >= 0.6 is 0 Å². The molecule has 0 bridgehead atoms. The monoisotopic (exact) mass is 822 g/mol. The van der Waals surface area contributed by atoms with E-state index in [0.29, 0.717) is 75.3 Å². The summed E-state index contributed by atoms with van der Waals surface area (Å²) < 4.78 is 0. The number of nitrogens with zero attached hydrogens (tertiary/aromatic N) is 8. The van der Waals surface area contributed by atoms with Crippen LogP contribution in [0.15, 0.2) is 108 Å². The van der Waals surface area contributed by atoms with E-state index in [1.54, 1.807) is 17.0 Å². The van der Waals surface area contributed by atoms with Gasteiger partial charge in [0.2, 0.25) is 17.8 Å². The Hall–Kier alpha value is -6.80. The van der Waals surface area contributed by atoms with Gasteiger partial charge in [-0.15, -0.1) is 5.10 Å². The van der Waals surface area contributed by atoms with Gasteiger partial charge in [-0.1, -0.05) is 69.0 Å². The van der Waals surface area contributed by atoms with Crippen LogP contribution in [0, 0.1) is 0 Å². The molecule has 0 aliphatic carbocycles. The molecule has 14 nitrogen and oxygen atoms in total. The molecule has 4 N–H and O–H groups in total. The second-order valence-electron chi connectivity index (χ2n) is 15.5. The number of aromatic nitrogens is 2. The number of aliphatic hydroxyl groups is 1. The SMILES string of the molecule is C=CC(=O)N1CCN(c2nc(NCCC(=O)NCCc3ccc(N(CO)/C(=N\N=C)c4ccc(O)c(C(C)C)c4)cc3)nc3c2CCN(c2cccc4ccccc24)C3)CC1. The van der Waals surface area contributed by atoms with Gasteiger partial charge in [0.25, 0.3) is 0 Å². The van der Waals surface area contributed by atoms with Gasteiger partial charge >= 0.3 is 0 Å². The molecule has 0 atom stereocenters. The van der Waals surface area contributed by atoms with E-state index in [4.69, 9.17) is 9.97 Å². The van der Waals surface area contributed by atoms with Crippen molar-refractivity contribution in [1.82, 2.24) is 20.2 Å². The van der Waals surface area contributed by atoms with Crippen LogP contribution in [0.3, 0.4) is 0 Å². The molecule has 5 aromatic rings. The number of anilines is 4. The highest BCUT2D eigenvalue weighted by atomic mass is 16.3. The molecule has 61 heavy (non-hydrogen) atoms. The molecule has 2 amide bonds. The predicted octanol–water partition coefficient (Wildman–Crippen LogP) is 5.84. The van der Waals surface area contributed by atoms with Crippen molar-refractivity contribution in [1.29, 1.82) is 0 Å². The Balaban J connectivity index is 0.971. The van der Waals surface area contributed by atoms with Crippen molar-refractivity contribution >= 4 is 58.3 Å². The van der Waals surface area contributed by atoms with E-state index >= 15 is 0 Å². The molecule has 3 heterocycles. The lowest BCUT2D eigenvalue weighted by atomic mass is 9.99. The molecule has 1 aromatic heterocycles. The van der Waals surface area contributed by atoms with Gasteiger partial charge in [0.1, 0.15) is 18.3 Å². The average Bonchev–Trinajstić information content (AvgIpc) is 3.28. The van der Waals surface area contributed by atoms with Gasteiger partial charge in [-0.3, -0.25) is 9.59 Å². The third-order valence-corrected chi connectivity index (χ3v) is 11.3. The maximum atomic E-state index is 13.0. The van der Waals surface area contributed by atoms with Gasteiger partial charge in [0.05, 0.1) is 12.2 Å². The summed E-state index contributed by atoms with van der Waals surface area (Å²) in [5.74, 6) is 1.88. The third kappa shape index (κ3) is 9.82. The summed E-state index contributed by atoms with van der Waals surface area (Å²) in [7, 11) is 0. The summed E-state index contributed by atoms with van der Waals surface area (Å²) in [6.07, 6.45) is 3.00. The highest BCUT2D eigenvalue weighted by Gasteiger charge is 2.29. The minimum Gasteiger partial charge on any atom is -0.508 e. The summed E-state index contributed by atoms with van der Waals surface area (Å²) in [5.41, 5.74) is 6.40. The number of hydrogen-bond acceptors (Lipinski definition) is 11. The number of phenols is 1. The summed E-state index contributed by atoms with van der Waals surface area (Å²) in [6.45, 7) is 15.5. The molecule has 1 fully saturated rings.